The zero-order valence-electron chi connectivity index (χ0n) is 18.2. The number of rotatable bonds is 7. The fourth-order valence-electron chi connectivity index (χ4n) is 3.30. The molecule has 0 radical (unpaired) electrons. The first-order valence-corrected chi connectivity index (χ1v) is 10.7. The van der Waals surface area contributed by atoms with Crippen LogP contribution in [0.3, 0.4) is 0 Å². The van der Waals surface area contributed by atoms with E-state index in [0.29, 0.717) is 48.4 Å². The summed E-state index contributed by atoms with van der Waals surface area (Å²) in [7, 11) is 5.25. The number of guanidine groups is 1. The third kappa shape index (κ3) is 6.28. The maximum Gasteiger partial charge on any atom is 0.253 e. The van der Waals surface area contributed by atoms with Crippen molar-refractivity contribution in [3.05, 3.63) is 58.1 Å². The molecule has 0 saturated carbocycles. The van der Waals surface area contributed by atoms with E-state index in [9.17, 15) is 4.79 Å². The monoisotopic (exact) mass is 444 g/mol. The van der Waals surface area contributed by atoms with E-state index >= 15 is 0 Å². The van der Waals surface area contributed by atoms with Gasteiger partial charge in [-0.25, -0.2) is 0 Å². The second-order valence-corrected chi connectivity index (χ2v) is 7.83. The summed E-state index contributed by atoms with van der Waals surface area (Å²) in [4.78, 5) is 18.0. The number of amides is 1. The summed E-state index contributed by atoms with van der Waals surface area (Å²) in [5.74, 6) is 2.06. The lowest BCUT2D eigenvalue weighted by Gasteiger charge is -2.20. The van der Waals surface area contributed by atoms with E-state index in [1.54, 1.807) is 26.0 Å². The minimum Gasteiger partial charge on any atom is -0.486 e. The number of hydrogen-bond donors (Lipinski definition) is 2. The van der Waals surface area contributed by atoms with Crippen molar-refractivity contribution in [2.24, 2.45) is 4.99 Å². The second kappa shape index (κ2) is 10.9. The van der Waals surface area contributed by atoms with E-state index < -0.39 is 0 Å². The average Bonchev–Trinajstić information content (AvgIpc) is 2.77. The van der Waals surface area contributed by atoms with Gasteiger partial charge in [0.1, 0.15) is 13.2 Å². The molecular formula is C23H29ClN4O3. The fourth-order valence-corrected chi connectivity index (χ4v) is 3.59. The Bertz CT molecular complexity index is 946. The third-order valence-corrected chi connectivity index (χ3v) is 5.15. The van der Waals surface area contributed by atoms with E-state index in [0.717, 1.165) is 29.9 Å². The van der Waals surface area contributed by atoms with Gasteiger partial charge in [0, 0.05) is 39.8 Å². The highest BCUT2D eigenvalue weighted by molar-refractivity contribution is 6.32. The number of hydrogen-bond acceptors (Lipinski definition) is 4. The average molecular weight is 445 g/mol. The van der Waals surface area contributed by atoms with Gasteiger partial charge in [-0.2, -0.15) is 0 Å². The van der Waals surface area contributed by atoms with Crippen LogP contribution in [-0.4, -0.2) is 64.2 Å². The molecule has 0 aliphatic carbocycles. The molecule has 1 aliphatic heterocycles. The molecule has 0 unspecified atom stereocenters. The molecule has 1 amide bonds. The Balaban J connectivity index is 1.46. The van der Waals surface area contributed by atoms with Crippen LogP contribution in [0.2, 0.25) is 5.02 Å². The van der Waals surface area contributed by atoms with Crippen LogP contribution >= 0.6 is 11.6 Å². The van der Waals surface area contributed by atoms with Crippen LogP contribution in [0.4, 0.5) is 0 Å². The Morgan fingerprint density at radius 3 is 2.48 bits per heavy atom. The van der Waals surface area contributed by atoms with Gasteiger partial charge in [-0.3, -0.25) is 9.79 Å². The van der Waals surface area contributed by atoms with Crippen molar-refractivity contribution in [2.75, 3.05) is 47.4 Å². The van der Waals surface area contributed by atoms with E-state index in [1.807, 2.05) is 36.4 Å². The van der Waals surface area contributed by atoms with Crippen molar-refractivity contribution >= 4 is 23.5 Å². The first-order chi connectivity index (χ1) is 15.0. The maximum absolute atomic E-state index is 12.1. The van der Waals surface area contributed by atoms with Crippen molar-refractivity contribution in [3.63, 3.8) is 0 Å². The SMILES string of the molecule is CN=C(NCCc1cccc(C(=O)N(C)C)c1)NCCc1cc(Cl)c2c(c1)OCCO2. The third-order valence-electron chi connectivity index (χ3n) is 4.87. The van der Waals surface area contributed by atoms with Crippen molar-refractivity contribution in [3.8, 4) is 11.5 Å². The molecule has 0 spiro atoms. The van der Waals surface area contributed by atoms with Gasteiger partial charge in [0.2, 0.25) is 0 Å². The van der Waals surface area contributed by atoms with Crippen LogP contribution < -0.4 is 20.1 Å². The number of carbonyl (C=O) groups is 1. The summed E-state index contributed by atoms with van der Waals surface area (Å²) in [6, 6.07) is 11.6. The van der Waals surface area contributed by atoms with Gasteiger partial charge in [-0.15, -0.1) is 0 Å². The Kier molecular flexibility index (Phi) is 8.00. The van der Waals surface area contributed by atoms with Gasteiger partial charge in [0.15, 0.2) is 17.5 Å². The molecule has 2 aromatic rings. The van der Waals surface area contributed by atoms with Gasteiger partial charge in [0.05, 0.1) is 5.02 Å². The van der Waals surface area contributed by atoms with Gasteiger partial charge >= 0.3 is 0 Å². The molecule has 7 nitrogen and oxygen atoms in total. The number of nitrogens with one attached hydrogen (secondary N) is 2. The molecule has 31 heavy (non-hydrogen) atoms. The van der Waals surface area contributed by atoms with Crippen LogP contribution in [0.5, 0.6) is 11.5 Å². The highest BCUT2D eigenvalue weighted by atomic mass is 35.5. The van der Waals surface area contributed by atoms with Crippen LogP contribution in [-0.2, 0) is 12.8 Å². The molecule has 0 fully saturated rings. The zero-order valence-corrected chi connectivity index (χ0v) is 19.0. The summed E-state index contributed by atoms with van der Waals surface area (Å²) in [5.41, 5.74) is 2.87. The lowest BCUT2D eigenvalue weighted by atomic mass is 10.1. The number of benzene rings is 2. The highest BCUT2D eigenvalue weighted by Gasteiger charge is 2.16. The highest BCUT2D eigenvalue weighted by Crippen LogP contribution is 2.38. The predicted molar refractivity (Wildman–Crippen MR) is 124 cm³/mol. The molecule has 0 aromatic heterocycles. The molecule has 0 saturated heterocycles. The molecular weight excluding hydrogens is 416 g/mol. The molecule has 1 heterocycles. The molecule has 2 aromatic carbocycles. The van der Waals surface area contributed by atoms with Crippen LogP contribution in [0.1, 0.15) is 21.5 Å². The maximum atomic E-state index is 12.1. The van der Waals surface area contributed by atoms with Gasteiger partial charge in [0.25, 0.3) is 5.91 Å². The topological polar surface area (TPSA) is 75.2 Å². The molecule has 166 valence electrons. The standard InChI is InChI=1S/C23H29ClN4O3/c1-25-23(26-9-7-16-5-4-6-18(13-16)22(29)28(2)3)27-10-8-17-14-19(24)21-20(15-17)30-11-12-31-21/h4-6,13-15H,7-12H2,1-3H3,(H2,25,26,27). The molecule has 0 atom stereocenters. The zero-order chi connectivity index (χ0) is 22.2. The number of carbonyl (C=O) groups excluding carboxylic acids is 1. The minimum absolute atomic E-state index is 0.00605. The molecule has 8 heteroatoms. The quantitative estimate of drug-likeness (QED) is 0.507. The minimum atomic E-state index is 0.00605. The number of fused-ring (bicyclic) bond motifs is 1. The van der Waals surface area contributed by atoms with Gasteiger partial charge < -0.3 is 25.0 Å². The number of aliphatic imine (C=N–C) groups is 1. The number of halogens is 1. The van der Waals surface area contributed by atoms with Crippen molar-refractivity contribution in [1.82, 2.24) is 15.5 Å². The van der Waals surface area contributed by atoms with Gasteiger partial charge in [-0.05, 0) is 48.2 Å². The van der Waals surface area contributed by atoms with Gasteiger partial charge in [-0.1, -0.05) is 23.7 Å². The number of ether oxygens (including phenoxy) is 2. The summed E-state index contributed by atoms with van der Waals surface area (Å²) >= 11 is 6.31. The second-order valence-electron chi connectivity index (χ2n) is 7.43. The summed E-state index contributed by atoms with van der Waals surface area (Å²) in [6.07, 6.45) is 1.55. The largest absolute Gasteiger partial charge is 0.486 e. The summed E-state index contributed by atoms with van der Waals surface area (Å²) in [6.45, 7) is 2.46. The van der Waals surface area contributed by atoms with Crippen LogP contribution in [0, 0.1) is 0 Å². The van der Waals surface area contributed by atoms with E-state index in [1.165, 1.54) is 0 Å². The van der Waals surface area contributed by atoms with E-state index in [-0.39, 0.29) is 5.91 Å². The summed E-state index contributed by atoms with van der Waals surface area (Å²) < 4.78 is 11.2. The molecule has 2 N–H and O–H groups in total. The van der Waals surface area contributed by atoms with Crippen molar-refractivity contribution < 1.29 is 14.3 Å². The van der Waals surface area contributed by atoms with E-state index in [4.69, 9.17) is 21.1 Å². The number of nitrogens with zero attached hydrogens (tertiary/aromatic N) is 2. The lowest BCUT2D eigenvalue weighted by Crippen LogP contribution is -2.39. The van der Waals surface area contributed by atoms with Crippen molar-refractivity contribution in [1.29, 1.82) is 0 Å². The first-order valence-electron chi connectivity index (χ1n) is 10.3. The Labute approximate surface area is 188 Å². The van der Waals surface area contributed by atoms with Crippen LogP contribution in [0.25, 0.3) is 0 Å². The van der Waals surface area contributed by atoms with Crippen molar-refractivity contribution in [2.45, 2.75) is 12.8 Å². The van der Waals surface area contributed by atoms with Crippen LogP contribution in [0.15, 0.2) is 41.4 Å². The predicted octanol–water partition coefficient (Wildman–Crippen LogP) is 2.76. The molecule has 3 rings (SSSR count). The fraction of sp³-hybridized carbons (Fsp3) is 0.391. The Morgan fingerprint density at radius 2 is 1.77 bits per heavy atom. The lowest BCUT2D eigenvalue weighted by molar-refractivity contribution is 0.0827. The molecule has 1 aliphatic rings. The smallest absolute Gasteiger partial charge is 0.253 e. The molecule has 0 bridgehead atoms. The summed E-state index contributed by atoms with van der Waals surface area (Å²) in [5, 5.41) is 7.19. The Hall–Kier alpha value is -2.93. The van der Waals surface area contributed by atoms with E-state index in [2.05, 4.69) is 15.6 Å². The first kappa shape index (κ1) is 22.7. The Morgan fingerprint density at radius 1 is 1.06 bits per heavy atom. The normalized spacial score (nSPS) is 13.0.